The first-order chi connectivity index (χ1) is 12.8. The maximum absolute atomic E-state index is 13.9. The van der Waals surface area contributed by atoms with E-state index in [4.69, 9.17) is 0 Å². The molecule has 2 N–H and O–H groups in total. The van der Waals surface area contributed by atoms with Crippen molar-refractivity contribution in [3.8, 4) is 0 Å². The molecule has 3 rings (SSSR count). The van der Waals surface area contributed by atoms with Gasteiger partial charge in [-0.05, 0) is 32.9 Å². The Hall–Kier alpha value is -2.32. The molecule has 1 amide bonds. The van der Waals surface area contributed by atoms with Crippen molar-refractivity contribution in [2.45, 2.75) is 38.5 Å². The molecular weight excluding hydrogens is 354 g/mol. The Morgan fingerprint density at radius 1 is 1.41 bits per heavy atom. The summed E-state index contributed by atoms with van der Waals surface area (Å²) in [5.41, 5.74) is -0.514. The van der Waals surface area contributed by atoms with Gasteiger partial charge in [0, 0.05) is 37.1 Å². The Labute approximate surface area is 156 Å². The number of aromatic amines is 1. The number of H-pyrrole nitrogens is 1. The van der Waals surface area contributed by atoms with Crippen molar-refractivity contribution in [2.75, 3.05) is 20.1 Å². The molecule has 0 spiro atoms. The normalized spacial score (nSPS) is 20.5. The molecule has 146 valence electrons. The fourth-order valence-corrected chi connectivity index (χ4v) is 3.54. The molecule has 6 nitrogen and oxygen atoms in total. The van der Waals surface area contributed by atoms with E-state index in [0.717, 1.165) is 17.6 Å². The van der Waals surface area contributed by atoms with E-state index in [1.807, 2.05) is 11.8 Å². The molecule has 1 saturated heterocycles. The molecule has 1 aliphatic rings. The zero-order valence-electron chi connectivity index (χ0n) is 15.5. The summed E-state index contributed by atoms with van der Waals surface area (Å²) in [6.45, 7) is 2.83. The number of hydrogen-bond acceptors (Lipinski definition) is 4. The van der Waals surface area contributed by atoms with Crippen LogP contribution in [0.5, 0.6) is 0 Å². The summed E-state index contributed by atoms with van der Waals surface area (Å²) in [6, 6.07) is 3.90. The van der Waals surface area contributed by atoms with Crippen LogP contribution in [0.15, 0.2) is 24.4 Å². The number of piperidine rings is 1. The topological polar surface area (TPSA) is 72.5 Å². The summed E-state index contributed by atoms with van der Waals surface area (Å²) >= 11 is 0. The molecule has 2 aromatic rings. The number of rotatable bonds is 6. The van der Waals surface area contributed by atoms with Gasteiger partial charge in [0.2, 0.25) is 0 Å². The predicted molar refractivity (Wildman–Crippen MR) is 95.6 cm³/mol. The number of hydrogen-bond donors (Lipinski definition) is 2. The first kappa shape index (κ1) is 19.4. The largest absolute Gasteiger partial charge is 0.379 e. The minimum Gasteiger partial charge on any atom is -0.379 e. The quantitative estimate of drug-likeness (QED) is 0.806. The Kier molecular flexibility index (Phi) is 5.57. The number of nitrogens with zero attached hydrogens (tertiary/aromatic N) is 3. The molecule has 1 fully saturated rings. The number of likely N-dealkylation sites (N-methyl/N-ethyl adjacent to an activating group) is 1. The van der Waals surface area contributed by atoms with Gasteiger partial charge < -0.3 is 15.0 Å². The highest BCUT2D eigenvalue weighted by Crippen LogP contribution is 2.26. The summed E-state index contributed by atoms with van der Waals surface area (Å²) in [5, 5.41) is 10.9. The van der Waals surface area contributed by atoms with E-state index in [1.165, 1.54) is 17.0 Å². The van der Waals surface area contributed by atoms with Crippen LogP contribution in [0, 0.1) is 18.6 Å². The maximum Gasteiger partial charge on any atom is 0.256 e. The Morgan fingerprint density at radius 3 is 2.89 bits per heavy atom. The number of carbonyl (C=O) groups excluding carboxylic acids is 1. The molecule has 0 saturated carbocycles. The minimum absolute atomic E-state index is 0.0637. The molecule has 1 atom stereocenters. The predicted octanol–water partition coefficient (Wildman–Crippen LogP) is 1.98. The maximum atomic E-state index is 13.9. The molecule has 0 aliphatic carbocycles. The fourth-order valence-electron chi connectivity index (χ4n) is 3.54. The SMILES string of the molecule is Cc1cnc(CN(C)C[C@@]2(O)CCCN(Cc3cccc(F)c3F)C2=O)[nH]1. The highest BCUT2D eigenvalue weighted by Gasteiger charge is 2.43. The molecule has 0 unspecified atom stereocenters. The number of imidazole rings is 1. The molecular formula is C19H24F2N4O2. The number of halogens is 2. The number of amides is 1. The second kappa shape index (κ2) is 7.74. The van der Waals surface area contributed by atoms with Gasteiger partial charge in [0.15, 0.2) is 17.2 Å². The van der Waals surface area contributed by atoms with Crippen molar-refractivity contribution < 1.29 is 18.7 Å². The van der Waals surface area contributed by atoms with E-state index in [1.54, 1.807) is 13.2 Å². The lowest BCUT2D eigenvalue weighted by Crippen LogP contribution is -2.57. The smallest absolute Gasteiger partial charge is 0.256 e. The second-order valence-electron chi connectivity index (χ2n) is 7.26. The van der Waals surface area contributed by atoms with E-state index in [9.17, 15) is 18.7 Å². The van der Waals surface area contributed by atoms with Gasteiger partial charge in [0.1, 0.15) is 5.82 Å². The van der Waals surface area contributed by atoms with Crippen molar-refractivity contribution >= 4 is 5.91 Å². The second-order valence-corrected chi connectivity index (χ2v) is 7.26. The van der Waals surface area contributed by atoms with Crippen molar-refractivity contribution in [2.24, 2.45) is 0 Å². The van der Waals surface area contributed by atoms with E-state index >= 15 is 0 Å². The summed E-state index contributed by atoms with van der Waals surface area (Å²) in [7, 11) is 1.80. The van der Waals surface area contributed by atoms with Crippen LogP contribution in [0.1, 0.15) is 29.9 Å². The van der Waals surface area contributed by atoms with Crippen LogP contribution in [0.25, 0.3) is 0 Å². The molecule has 27 heavy (non-hydrogen) atoms. The fraction of sp³-hybridized carbons (Fsp3) is 0.474. The van der Waals surface area contributed by atoms with E-state index in [-0.39, 0.29) is 18.7 Å². The van der Waals surface area contributed by atoms with Crippen LogP contribution in [0.4, 0.5) is 8.78 Å². The molecule has 1 aromatic carbocycles. The van der Waals surface area contributed by atoms with Crippen molar-refractivity contribution in [1.29, 1.82) is 0 Å². The summed E-state index contributed by atoms with van der Waals surface area (Å²) in [5.74, 6) is -1.61. The van der Waals surface area contributed by atoms with Crippen molar-refractivity contribution in [3.05, 3.63) is 53.1 Å². The number of aromatic nitrogens is 2. The average Bonchev–Trinajstić information content (AvgIpc) is 3.00. The van der Waals surface area contributed by atoms with Gasteiger partial charge in [-0.2, -0.15) is 0 Å². The van der Waals surface area contributed by atoms with Crippen LogP contribution in [-0.2, 0) is 17.9 Å². The van der Waals surface area contributed by atoms with Crippen LogP contribution in [0.3, 0.4) is 0 Å². The lowest BCUT2D eigenvalue weighted by Gasteiger charge is -2.40. The third kappa shape index (κ3) is 4.33. The Bertz CT molecular complexity index is 826. The molecule has 8 heteroatoms. The van der Waals surface area contributed by atoms with Gasteiger partial charge in [0.25, 0.3) is 5.91 Å². The van der Waals surface area contributed by atoms with E-state index < -0.39 is 23.1 Å². The number of likely N-dealkylation sites (tertiary alicyclic amines) is 1. The van der Waals surface area contributed by atoms with Crippen LogP contribution in [0.2, 0.25) is 0 Å². The van der Waals surface area contributed by atoms with Gasteiger partial charge >= 0.3 is 0 Å². The molecule has 0 bridgehead atoms. The first-order valence-electron chi connectivity index (χ1n) is 8.92. The number of aryl methyl sites for hydroxylation is 1. The third-order valence-corrected chi connectivity index (χ3v) is 4.80. The summed E-state index contributed by atoms with van der Waals surface area (Å²) in [4.78, 5) is 23.4. The van der Waals surface area contributed by atoms with Crippen molar-refractivity contribution in [1.82, 2.24) is 19.8 Å². The van der Waals surface area contributed by atoms with Gasteiger partial charge in [-0.3, -0.25) is 9.69 Å². The molecule has 1 aliphatic heterocycles. The van der Waals surface area contributed by atoms with Crippen LogP contribution in [-0.4, -0.2) is 56.5 Å². The third-order valence-electron chi connectivity index (χ3n) is 4.80. The lowest BCUT2D eigenvalue weighted by molar-refractivity contribution is -0.160. The van der Waals surface area contributed by atoms with Gasteiger partial charge in [-0.15, -0.1) is 0 Å². The monoisotopic (exact) mass is 378 g/mol. The highest BCUT2D eigenvalue weighted by atomic mass is 19.2. The van der Waals surface area contributed by atoms with Crippen LogP contribution < -0.4 is 0 Å². The lowest BCUT2D eigenvalue weighted by atomic mass is 9.90. The zero-order valence-corrected chi connectivity index (χ0v) is 15.5. The number of carbonyl (C=O) groups is 1. The Balaban J connectivity index is 1.68. The van der Waals surface area contributed by atoms with Gasteiger partial charge in [-0.1, -0.05) is 12.1 Å². The summed E-state index contributed by atoms with van der Waals surface area (Å²) < 4.78 is 27.4. The minimum atomic E-state index is -1.56. The van der Waals surface area contributed by atoms with Crippen LogP contribution >= 0.6 is 0 Å². The van der Waals surface area contributed by atoms with Crippen molar-refractivity contribution in [3.63, 3.8) is 0 Å². The number of nitrogens with one attached hydrogen (secondary N) is 1. The Morgan fingerprint density at radius 2 is 2.19 bits per heavy atom. The molecule has 1 aromatic heterocycles. The molecule has 0 radical (unpaired) electrons. The van der Waals surface area contributed by atoms with Gasteiger partial charge in [-0.25, -0.2) is 13.8 Å². The zero-order chi connectivity index (χ0) is 19.6. The van der Waals surface area contributed by atoms with E-state index in [0.29, 0.717) is 25.9 Å². The average molecular weight is 378 g/mol. The number of benzene rings is 1. The first-order valence-corrected chi connectivity index (χ1v) is 8.92. The highest BCUT2D eigenvalue weighted by molar-refractivity contribution is 5.86. The van der Waals surface area contributed by atoms with E-state index in [2.05, 4.69) is 9.97 Å². The number of aliphatic hydroxyl groups is 1. The van der Waals surface area contributed by atoms with Gasteiger partial charge in [0.05, 0.1) is 6.54 Å². The molecule has 2 heterocycles. The summed E-state index contributed by atoms with van der Waals surface area (Å²) in [6.07, 6.45) is 2.64. The standard InChI is InChI=1S/C19H24F2N4O2/c1-13-9-22-16(23-13)11-24(2)12-19(27)7-4-8-25(18(19)26)10-14-5-3-6-15(20)17(14)21/h3,5-6,9,27H,4,7-8,10-12H2,1-2H3,(H,22,23)/t19-/m0/s1.